The molecule has 0 unspecified atom stereocenters. The molecule has 0 spiro atoms. The molecular formula is C9H13O4P. The molecule has 1 N–H and O–H groups in total. The zero-order valence-electron chi connectivity index (χ0n) is 8.14. The molecule has 0 aromatic heterocycles. The van der Waals surface area contributed by atoms with Gasteiger partial charge in [0, 0.05) is 0 Å². The zero-order chi connectivity index (χ0) is 10.3. The molecule has 14 heavy (non-hydrogen) atoms. The van der Waals surface area contributed by atoms with E-state index in [4.69, 9.17) is 9.47 Å². The Morgan fingerprint density at radius 2 is 2.29 bits per heavy atom. The first kappa shape index (κ1) is 10.2. The van der Waals surface area contributed by atoms with Crippen molar-refractivity contribution in [1.29, 1.82) is 0 Å². The molecule has 2 rings (SSSR count). The molecule has 0 aromatic rings. The highest BCUT2D eigenvalue weighted by Crippen LogP contribution is 2.39. The van der Waals surface area contributed by atoms with E-state index in [2.05, 4.69) is 0 Å². The second-order valence-electron chi connectivity index (χ2n) is 4.04. The summed E-state index contributed by atoms with van der Waals surface area (Å²) in [5.41, 5.74) is 0.866. The first-order chi connectivity index (χ1) is 6.53. The van der Waals surface area contributed by atoms with Crippen LogP contribution >= 0.6 is 8.46 Å². The maximum Gasteiger partial charge on any atom is 0.164 e. The van der Waals surface area contributed by atoms with Crippen molar-refractivity contribution in [3.05, 3.63) is 11.6 Å². The summed E-state index contributed by atoms with van der Waals surface area (Å²) in [6, 6.07) is 0. The number of ether oxygens (including phenoxy) is 2. The molecule has 3 atom stereocenters. The highest BCUT2D eigenvalue weighted by Gasteiger charge is 2.49. The van der Waals surface area contributed by atoms with Gasteiger partial charge in [0.1, 0.15) is 18.3 Å². The lowest BCUT2D eigenvalue weighted by Crippen LogP contribution is -2.29. The van der Waals surface area contributed by atoms with Crippen LogP contribution in [-0.2, 0) is 14.0 Å². The van der Waals surface area contributed by atoms with Gasteiger partial charge in [0.05, 0.1) is 6.16 Å². The van der Waals surface area contributed by atoms with E-state index < -0.39 is 11.9 Å². The summed E-state index contributed by atoms with van der Waals surface area (Å²) >= 11 is 0. The molecule has 0 amide bonds. The average Bonchev–Trinajstić information content (AvgIpc) is 2.51. The Morgan fingerprint density at radius 3 is 2.93 bits per heavy atom. The highest BCUT2D eigenvalue weighted by atomic mass is 31.1. The van der Waals surface area contributed by atoms with Crippen LogP contribution in [0.3, 0.4) is 0 Å². The Labute approximate surface area is 84.1 Å². The molecule has 0 saturated carbocycles. The molecule has 1 saturated heterocycles. The summed E-state index contributed by atoms with van der Waals surface area (Å²) in [4.78, 5) is 0. The minimum absolute atomic E-state index is 0.0450. The van der Waals surface area contributed by atoms with E-state index >= 15 is 0 Å². The molecule has 0 radical (unpaired) electrons. The van der Waals surface area contributed by atoms with Gasteiger partial charge in [-0.1, -0.05) is 6.08 Å². The van der Waals surface area contributed by atoms with Gasteiger partial charge >= 0.3 is 0 Å². The van der Waals surface area contributed by atoms with Crippen LogP contribution in [0.4, 0.5) is 0 Å². The van der Waals surface area contributed by atoms with Gasteiger partial charge in [-0.15, -0.1) is 0 Å². The standard InChI is InChI=1S/C9H13O4P/c1-9(2)12-7-5(4-14-11)3-6(10)8(7)13-9/h3,6-8,10H,4H2,1-2H3/t6-,7+,8-/m0/s1. The van der Waals surface area contributed by atoms with Crippen molar-refractivity contribution in [2.24, 2.45) is 0 Å². The van der Waals surface area contributed by atoms with E-state index in [1.807, 2.05) is 13.8 Å². The number of hydrogen-bond acceptors (Lipinski definition) is 4. The first-order valence-corrected chi connectivity index (χ1v) is 5.57. The van der Waals surface area contributed by atoms with Crippen LogP contribution in [0.1, 0.15) is 13.8 Å². The van der Waals surface area contributed by atoms with Crippen LogP contribution < -0.4 is 0 Å². The fourth-order valence-electron chi connectivity index (χ4n) is 1.95. The molecule has 4 nitrogen and oxygen atoms in total. The Bertz CT molecular complexity index is 287. The van der Waals surface area contributed by atoms with Crippen molar-refractivity contribution in [2.75, 3.05) is 6.16 Å². The van der Waals surface area contributed by atoms with Crippen LogP contribution in [0.5, 0.6) is 0 Å². The topological polar surface area (TPSA) is 55.8 Å². The Morgan fingerprint density at radius 1 is 1.57 bits per heavy atom. The lowest BCUT2D eigenvalue weighted by molar-refractivity contribution is -0.152. The quantitative estimate of drug-likeness (QED) is 0.554. The van der Waals surface area contributed by atoms with Crippen molar-refractivity contribution in [2.45, 2.75) is 37.9 Å². The van der Waals surface area contributed by atoms with Gasteiger partial charge in [-0.3, -0.25) is 4.57 Å². The minimum atomic E-state index is -0.657. The van der Waals surface area contributed by atoms with Gasteiger partial charge in [-0.25, -0.2) is 0 Å². The fourth-order valence-corrected chi connectivity index (χ4v) is 2.39. The average molecular weight is 216 g/mol. The summed E-state index contributed by atoms with van der Waals surface area (Å²) in [6.45, 7) is 3.62. The van der Waals surface area contributed by atoms with Crippen molar-refractivity contribution in [3.8, 4) is 0 Å². The van der Waals surface area contributed by atoms with Gasteiger partial charge in [0.2, 0.25) is 0 Å². The minimum Gasteiger partial charge on any atom is -0.386 e. The van der Waals surface area contributed by atoms with E-state index in [1.54, 1.807) is 6.08 Å². The van der Waals surface area contributed by atoms with Crippen molar-refractivity contribution < 1.29 is 19.1 Å². The normalized spacial score (nSPS) is 39.9. The molecule has 1 heterocycles. The number of rotatable bonds is 2. The van der Waals surface area contributed by atoms with E-state index in [0.717, 1.165) is 5.57 Å². The summed E-state index contributed by atoms with van der Waals surface area (Å²) in [5.74, 6) is -0.657. The smallest absolute Gasteiger partial charge is 0.164 e. The van der Waals surface area contributed by atoms with E-state index in [0.29, 0.717) is 6.16 Å². The van der Waals surface area contributed by atoms with Crippen LogP contribution in [0.2, 0.25) is 0 Å². The van der Waals surface area contributed by atoms with E-state index in [9.17, 15) is 9.67 Å². The van der Waals surface area contributed by atoms with Gasteiger partial charge in [-0.05, 0) is 19.4 Å². The van der Waals surface area contributed by atoms with Crippen LogP contribution in [0.25, 0.3) is 0 Å². The SMILES string of the molecule is CC1(C)O[C@@H]2[C@H](O1)C(CP=O)=C[C@@H]2O. The second kappa shape index (κ2) is 3.38. The number of aliphatic hydroxyl groups excluding tert-OH is 1. The highest BCUT2D eigenvalue weighted by molar-refractivity contribution is 7.24. The fraction of sp³-hybridized carbons (Fsp3) is 0.778. The van der Waals surface area contributed by atoms with E-state index in [1.165, 1.54) is 0 Å². The Balaban J connectivity index is 2.17. The maximum atomic E-state index is 10.5. The maximum absolute atomic E-state index is 10.5. The van der Waals surface area contributed by atoms with Crippen molar-refractivity contribution >= 4 is 8.46 Å². The number of fused-ring (bicyclic) bond motifs is 1. The second-order valence-corrected chi connectivity index (χ2v) is 4.61. The number of hydrogen-bond donors (Lipinski definition) is 1. The predicted octanol–water partition coefficient (Wildman–Crippen LogP) is 1.10. The van der Waals surface area contributed by atoms with Gasteiger partial charge < -0.3 is 14.6 Å². The zero-order valence-corrected chi connectivity index (χ0v) is 9.03. The lowest BCUT2D eigenvalue weighted by atomic mass is 10.2. The van der Waals surface area contributed by atoms with Crippen molar-refractivity contribution in [3.63, 3.8) is 0 Å². The van der Waals surface area contributed by atoms with Gasteiger partial charge in [0.15, 0.2) is 14.2 Å². The largest absolute Gasteiger partial charge is 0.386 e. The Kier molecular flexibility index (Phi) is 2.48. The van der Waals surface area contributed by atoms with Crippen LogP contribution in [0, 0.1) is 0 Å². The summed E-state index contributed by atoms with van der Waals surface area (Å²) in [5, 5.41) is 9.64. The molecule has 0 bridgehead atoms. The third-order valence-corrected chi connectivity index (χ3v) is 2.96. The molecule has 78 valence electrons. The lowest BCUT2D eigenvalue weighted by Gasteiger charge is -2.18. The van der Waals surface area contributed by atoms with Gasteiger partial charge in [0.25, 0.3) is 0 Å². The Hall–Kier alpha value is -0.280. The molecule has 2 aliphatic rings. The van der Waals surface area contributed by atoms with Crippen molar-refractivity contribution in [1.82, 2.24) is 0 Å². The summed E-state index contributed by atoms with van der Waals surface area (Å²) in [7, 11) is 0.0450. The third-order valence-electron chi connectivity index (χ3n) is 2.46. The monoisotopic (exact) mass is 216 g/mol. The molecule has 0 aromatic carbocycles. The van der Waals surface area contributed by atoms with Crippen LogP contribution in [-0.4, -0.2) is 35.4 Å². The molecule has 1 fully saturated rings. The van der Waals surface area contributed by atoms with E-state index in [-0.39, 0.29) is 20.7 Å². The third kappa shape index (κ3) is 1.63. The predicted molar refractivity (Wildman–Crippen MR) is 50.4 cm³/mol. The first-order valence-electron chi connectivity index (χ1n) is 4.57. The van der Waals surface area contributed by atoms with Gasteiger partial charge in [-0.2, -0.15) is 0 Å². The molecule has 1 aliphatic carbocycles. The molecule has 1 aliphatic heterocycles. The molecular weight excluding hydrogens is 203 g/mol. The number of aliphatic hydroxyl groups is 1. The van der Waals surface area contributed by atoms with Crippen LogP contribution in [0.15, 0.2) is 11.6 Å². The summed E-state index contributed by atoms with van der Waals surface area (Å²) in [6.07, 6.45) is 0.870. The molecule has 5 heteroatoms. The summed E-state index contributed by atoms with van der Waals surface area (Å²) < 4.78 is 21.6.